The molecule has 0 aliphatic carbocycles. The van der Waals surface area contributed by atoms with Crippen molar-refractivity contribution in [1.29, 1.82) is 0 Å². The minimum Gasteiger partial charge on any atom is -0.520 e. The second kappa shape index (κ2) is 6.01. The van der Waals surface area contributed by atoms with Crippen LogP contribution in [0.2, 0.25) is 19.6 Å². The molecule has 0 rings (SSSR count). The van der Waals surface area contributed by atoms with E-state index in [1.807, 2.05) is 39.6 Å². The molecular formula is C11H22O2Si. The molecule has 0 aromatic carbocycles. The van der Waals surface area contributed by atoms with Crippen molar-refractivity contribution in [2.75, 3.05) is 0 Å². The van der Waals surface area contributed by atoms with Gasteiger partial charge < -0.3 is 4.43 Å². The smallest absolute Gasteiger partial charge is 0.295 e. The number of allylic oxidation sites excluding steroid dienone is 2. The van der Waals surface area contributed by atoms with E-state index < -0.39 is 8.32 Å². The Labute approximate surface area is 88.5 Å². The fourth-order valence-corrected chi connectivity index (χ4v) is 1.84. The number of hydrogen-bond donors (Lipinski definition) is 0. The predicted octanol–water partition coefficient (Wildman–Crippen LogP) is 3.36. The zero-order valence-corrected chi connectivity index (χ0v) is 11.0. The summed E-state index contributed by atoms with van der Waals surface area (Å²) in [6.07, 6.45) is 5.93. The van der Waals surface area contributed by atoms with Gasteiger partial charge in [0.2, 0.25) is 8.32 Å². The topological polar surface area (TPSA) is 26.3 Å². The van der Waals surface area contributed by atoms with Crippen LogP contribution in [0, 0.1) is 5.92 Å². The molecule has 3 heteroatoms. The summed E-state index contributed by atoms with van der Waals surface area (Å²) in [4.78, 5) is 11.5. The highest BCUT2D eigenvalue weighted by Gasteiger charge is 2.23. The van der Waals surface area contributed by atoms with Gasteiger partial charge in [-0.05, 0) is 39.4 Å². The van der Waals surface area contributed by atoms with Crippen molar-refractivity contribution in [3.63, 3.8) is 0 Å². The predicted molar refractivity (Wildman–Crippen MR) is 62.7 cm³/mol. The summed E-state index contributed by atoms with van der Waals surface area (Å²) in [5.74, 6) is -0.00778. The number of carbonyl (C=O) groups is 1. The standard InChI is InChI=1S/C11H22O2Si/c1-6-7-8-9-10(2)11(12)13-14(3,4)5/h6-7,10H,8-9H2,1-5H3. The Morgan fingerprint density at radius 2 is 2.00 bits per heavy atom. The maximum Gasteiger partial charge on any atom is 0.295 e. The average Bonchev–Trinajstić information content (AvgIpc) is 2.01. The zero-order chi connectivity index (χ0) is 11.2. The molecule has 0 aromatic heterocycles. The SMILES string of the molecule is CC=CCCC(C)C(=O)O[Si](C)(C)C. The first-order valence-electron chi connectivity index (χ1n) is 5.21. The highest BCUT2D eigenvalue weighted by molar-refractivity contribution is 6.71. The van der Waals surface area contributed by atoms with Crippen LogP contribution in [0.25, 0.3) is 0 Å². The highest BCUT2D eigenvalue weighted by atomic mass is 28.4. The highest BCUT2D eigenvalue weighted by Crippen LogP contribution is 2.12. The molecule has 0 aliphatic heterocycles. The molecule has 0 heterocycles. The van der Waals surface area contributed by atoms with Crippen molar-refractivity contribution in [3.8, 4) is 0 Å². The molecule has 2 nitrogen and oxygen atoms in total. The molecule has 0 N–H and O–H groups in total. The third-order valence-electron chi connectivity index (χ3n) is 1.81. The fourth-order valence-electron chi connectivity index (χ4n) is 1.03. The van der Waals surface area contributed by atoms with E-state index in [1.54, 1.807) is 0 Å². The van der Waals surface area contributed by atoms with Crippen molar-refractivity contribution in [2.24, 2.45) is 5.92 Å². The Morgan fingerprint density at radius 1 is 1.43 bits per heavy atom. The van der Waals surface area contributed by atoms with Gasteiger partial charge in [0.15, 0.2) is 0 Å². The van der Waals surface area contributed by atoms with Crippen molar-refractivity contribution in [2.45, 2.75) is 46.3 Å². The summed E-state index contributed by atoms with van der Waals surface area (Å²) < 4.78 is 5.41. The fraction of sp³-hybridized carbons (Fsp3) is 0.727. The van der Waals surface area contributed by atoms with Gasteiger partial charge in [-0.2, -0.15) is 0 Å². The molecule has 82 valence electrons. The third-order valence-corrected chi connectivity index (χ3v) is 2.62. The molecular weight excluding hydrogens is 192 g/mol. The number of carbonyl (C=O) groups excluding carboxylic acids is 1. The first-order valence-corrected chi connectivity index (χ1v) is 8.61. The molecule has 0 spiro atoms. The Balaban J connectivity index is 3.88. The summed E-state index contributed by atoms with van der Waals surface area (Å²) in [5, 5.41) is 0. The molecule has 0 aromatic rings. The van der Waals surface area contributed by atoms with E-state index in [0.29, 0.717) is 0 Å². The largest absolute Gasteiger partial charge is 0.520 e. The van der Waals surface area contributed by atoms with E-state index in [4.69, 9.17) is 4.43 Å². The summed E-state index contributed by atoms with van der Waals surface area (Å²) in [5.41, 5.74) is 0. The van der Waals surface area contributed by atoms with Crippen LogP contribution in [0.15, 0.2) is 12.2 Å². The van der Waals surface area contributed by atoms with Crippen LogP contribution < -0.4 is 0 Å². The second-order valence-corrected chi connectivity index (χ2v) is 9.01. The zero-order valence-electron chi connectivity index (χ0n) is 9.96. The minimum atomic E-state index is -1.70. The van der Waals surface area contributed by atoms with E-state index in [1.165, 1.54) is 0 Å². The van der Waals surface area contributed by atoms with Crippen molar-refractivity contribution in [3.05, 3.63) is 12.2 Å². The molecule has 14 heavy (non-hydrogen) atoms. The first-order chi connectivity index (χ1) is 6.37. The Kier molecular flexibility index (Phi) is 5.77. The lowest BCUT2D eigenvalue weighted by Gasteiger charge is -2.20. The van der Waals surface area contributed by atoms with Gasteiger partial charge in [0.05, 0.1) is 5.92 Å². The van der Waals surface area contributed by atoms with Gasteiger partial charge in [-0.1, -0.05) is 19.1 Å². The lowest BCUT2D eigenvalue weighted by molar-refractivity contribution is -0.139. The normalized spacial score (nSPS) is 14.4. The molecule has 0 saturated carbocycles. The van der Waals surface area contributed by atoms with E-state index in [0.717, 1.165) is 12.8 Å². The molecule has 0 bridgehead atoms. The maximum absolute atomic E-state index is 11.5. The molecule has 1 unspecified atom stereocenters. The van der Waals surface area contributed by atoms with Crippen molar-refractivity contribution < 1.29 is 9.22 Å². The van der Waals surface area contributed by atoms with Gasteiger partial charge in [-0.3, -0.25) is 4.79 Å². The van der Waals surface area contributed by atoms with E-state index in [2.05, 4.69) is 6.08 Å². The van der Waals surface area contributed by atoms with Gasteiger partial charge >= 0.3 is 0 Å². The lowest BCUT2D eigenvalue weighted by Crippen LogP contribution is -2.31. The molecule has 1 atom stereocenters. The Morgan fingerprint density at radius 3 is 2.43 bits per heavy atom. The lowest BCUT2D eigenvalue weighted by atomic mass is 10.1. The van der Waals surface area contributed by atoms with Crippen LogP contribution in [-0.4, -0.2) is 14.3 Å². The summed E-state index contributed by atoms with van der Waals surface area (Å²) in [6, 6.07) is 0. The monoisotopic (exact) mass is 214 g/mol. The minimum absolute atomic E-state index is 0.0259. The number of hydrogen-bond acceptors (Lipinski definition) is 2. The Bertz CT molecular complexity index is 204. The average molecular weight is 214 g/mol. The van der Waals surface area contributed by atoms with Gasteiger partial charge in [0, 0.05) is 0 Å². The molecule has 0 saturated heterocycles. The van der Waals surface area contributed by atoms with E-state index in [9.17, 15) is 4.79 Å². The summed E-state index contributed by atoms with van der Waals surface area (Å²) in [7, 11) is -1.70. The molecule has 0 fully saturated rings. The maximum atomic E-state index is 11.5. The molecule has 0 radical (unpaired) electrons. The van der Waals surface area contributed by atoms with Crippen LogP contribution in [0.5, 0.6) is 0 Å². The van der Waals surface area contributed by atoms with Crippen LogP contribution in [0.4, 0.5) is 0 Å². The van der Waals surface area contributed by atoms with Gasteiger partial charge in [-0.25, -0.2) is 0 Å². The van der Waals surface area contributed by atoms with E-state index in [-0.39, 0.29) is 11.9 Å². The molecule has 0 aliphatic rings. The number of rotatable bonds is 5. The second-order valence-electron chi connectivity index (χ2n) is 4.58. The van der Waals surface area contributed by atoms with E-state index >= 15 is 0 Å². The van der Waals surface area contributed by atoms with Crippen LogP contribution in [-0.2, 0) is 9.22 Å². The summed E-state index contributed by atoms with van der Waals surface area (Å²) >= 11 is 0. The third kappa shape index (κ3) is 6.89. The molecule has 0 amide bonds. The van der Waals surface area contributed by atoms with Crippen LogP contribution in [0.3, 0.4) is 0 Å². The van der Waals surface area contributed by atoms with Crippen LogP contribution >= 0.6 is 0 Å². The van der Waals surface area contributed by atoms with Gasteiger partial charge in [0.25, 0.3) is 5.97 Å². The summed E-state index contributed by atoms with van der Waals surface area (Å²) in [6.45, 7) is 10.0. The van der Waals surface area contributed by atoms with Crippen molar-refractivity contribution in [1.82, 2.24) is 0 Å². The van der Waals surface area contributed by atoms with Gasteiger partial charge in [0.1, 0.15) is 0 Å². The van der Waals surface area contributed by atoms with Crippen molar-refractivity contribution >= 4 is 14.3 Å². The van der Waals surface area contributed by atoms with Crippen LogP contribution in [0.1, 0.15) is 26.7 Å². The first kappa shape index (κ1) is 13.4. The Hall–Kier alpha value is -0.573. The quantitative estimate of drug-likeness (QED) is 0.518. The van der Waals surface area contributed by atoms with Gasteiger partial charge in [-0.15, -0.1) is 0 Å².